The van der Waals surface area contributed by atoms with Crippen molar-refractivity contribution < 1.29 is 19.4 Å². The minimum Gasteiger partial charge on any atom is -0.487 e. The van der Waals surface area contributed by atoms with Crippen molar-refractivity contribution in [1.82, 2.24) is 10.3 Å². The Balaban J connectivity index is 1.88. The van der Waals surface area contributed by atoms with Crippen molar-refractivity contribution in [3.63, 3.8) is 0 Å². The highest BCUT2D eigenvalue weighted by Crippen LogP contribution is 2.25. The third-order valence-electron chi connectivity index (χ3n) is 5.73. The van der Waals surface area contributed by atoms with Gasteiger partial charge in [-0.1, -0.05) is 55.3 Å². The third-order valence-corrected chi connectivity index (χ3v) is 5.73. The Kier molecular flexibility index (Phi) is 9.01. The Labute approximate surface area is 207 Å². The highest BCUT2D eigenvalue weighted by molar-refractivity contribution is 5.96. The van der Waals surface area contributed by atoms with Crippen LogP contribution in [0.4, 0.5) is 0 Å². The van der Waals surface area contributed by atoms with Crippen LogP contribution in [0.2, 0.25) is 0 Å². The van der Waals surface area contributed by atoms with Crippen LogP contribution < -0.4 is 10.1 Å². The molecule has 6 nitrogen and oxygen atoms in total. The molecule has 0 saturated heterocycles. The zero-order chi connectivity index (χ0) is 25.4. The number of nitrogens with one attached hydrogen (secondary N) is 1. The van der Waals surface area contributed by atoms with E-state index in [0.29, 0.717) is 22.8 Å². The molecule has 2 N–H and O–H groups in total. The number of carboxylic acids is 1. The molecule has 184 valence electrons. The van der Waals surface area contributed by atoms with Crippen molar-refractivity contribution in [3.05, 3.63) is 94.3 Å². The Bertz CT molecular complexity index is 1140. The number of nitrogens with zero attached hydrogens (tertiary/aromatic N) is 1. The summed E-state index contributed by atoms with van der Waals surface area (Å²) in [5, 5.41) is 12.4. The summed E-state index contributed by atoms with van der Waals surface area (Å²) in [6, 6.07) is 15.3. The quantitative estimate of drug-likeness (QED) is 0.366. The molecule has 1 atom stereocenters. The molecule has 0 aliphatic carbocycles. The molecular weight excluding hydrogens is 440 g/mol. The molecule has 1 heterocycles. The van der Waals surface area contributed by atoms with E-state index in [1.807, 2.05) is 18.2 Å². The molecule has 35 heavy (non-hydrogen) atoms. The van der Waals surface area contributed by atoms with Crippen molar-refractivity contribution in [3.8, 4) is 5.75 Å². The minimum absolute atomic E-state index is 0.0433. The lowest BCUT2D eigenvalue weighted by molar-refractivity contribution is -0.136. The second-order valence-electron chi connectivity index (χ2n) is 9.44. The predicted octanol–water partition coefficient (Wildman–Crippen LogP) is 5.81. The van der Waals surface area contributed by atoms with Crippen LogP contribution in [0, 0.1) is 19.8 Å². The number of amides is 1. The molecule has 0 aliphatic rings. The maximum Gasteiger partial charge on any atom is 0.303 e. The van der Waals surface area contributed by atoms with Crippen LogP contribution in [0.3, 0.4) is 0 Å². The van der Waals surface area contributed by atoms with Gasteiger partial charge in [-0.15, -0.1) is 0 Å². The van der Waals surface area contributed by atoms with Crippen LogP contribution in [0.25, 0.3) is 0 Å². The fraction of sp³-hybridized carbons (Fsp3) is 0.345. The summed E-state index contributed by atoms with van der Waals surface area (Å²) in [5.41, 5.74) is 5.40. The Hall–Kier alpha value is -3.67. The molecule has 2 aromatic carbocycles. The van der Waals surface area contributed by atoms with Gasteiger partial charge in [-0.2, -0.15) is 0 Å². The fourth-order valence-electron chi connectivity index (χ4n) is 4.18. The number of carbonyl (C=O) groups excluding carboxylic acids is 1. The van der Waals surface area contributed by atoms with Gasteiger partial charge >= 0.3 is 5.97 Å². The average Bonchev–Trinajstić information content (AvgIpc) is 2.81. The van der Waals surface area contributed by atoms with Crippen LogP contribution >= 0.6 is 0 Å². The predicted molar refractivity (Wildman–Crippen MR) is 137 cm³/mol. The first kappa shape index (κ1) is 25.9. The van der Waals surface area contributed by atoms with E-state index in [-0.39, 0.29) is 31.4 Å². The third kappa shape index (κ3) is 7.95. The zero-order valence-electron chi connectivity index (χ0n) is 20.9. The summed E-state index contributed by atoms with van der Waals surface area (Å²) < 4.78 is 5.81. The zero-order valence-corrected chi connectivity index (χ0v) is 20.9. The number of benzene rings is 2. The maximum absolute atomic E-state index is 13.6. The van der Waals surface area contributed by atoms with Crippen molar-refractivity contribution in [2.24, 2.45) is 5.92 Å². The number of aryl methyl sites for hydroxylation is 3. The SMILES string of the molecule is Cc1cc(C)cc(C(CC(C)C)NC(=O)c2cc(COc3cccnc3)ccc2CCC(=O)O)c1. The van der Waals surface area contributed by atoms with Crippen molar-refractivity contribution in [2.45, 2.75) is 59.6 Å². The fourth-order valence-corrected chi connectivity index (χ4v) is 4.18. The van der Waals surface area contributed by atoms with Gasteiger partial charge in [-0.25, -0.2) is 0 Å². The van der Waals surface area contributed by atoms with Gasteiger partial charge in [0.25, 0.3) is 5.91 Å². The van der Waals surface area contributed by atoms with Crippen molar-refractivity contribution in [2.75, 3.05) is 0 Å². The smallest absolute Gasteiger partial charge is 0.303 e. The van der Waals surface area contributed by atoms with Crippen molar-refractivity contribution in [1.29, 1.82) is 0 Å². The summed E-state index contributed by atoms with van der Waals surface area (Å²) in [7, 11) is 0. The number of hydrogen-bond acceptors (Lipinski definition) is 4. The summed E-state index contributed by atoms with van der Waals surface area (Å²) in [5.74, 6) is -0.0845. The molecular formula is C29H34N2O4. The number of carboxylic acid groups (broad SMARTS) is 1. The number of aromatic nitrogens is 1. The molecule has 0 radical (unpaired) electrons. The standard InChI is InChI=1S/C29H34N2O4/c1-19(2)12-27(24-14-20(3)13-21(4)15-24)31-29(34)26-16-22(7-8-23(26)9-10-28(32)33)18-35-25-6-5-11-30-17-25/h5-8,11,13-17,19,27H,9-10,12,18H2,1-4H3,(H,31,34)(H,32,33). The van der Waals surface area contributed by atoms with Gasteiger partial charge in [0.05, 0.1) is 12.2 Å². The largest absolute Gasteiger partial charge is 0.487 e. The summed E-state index contributed by atoms with van der Waals surface area (Å²) in [6.45, 7) is 8.66. The average molecular weight is 475 g/mol. The van der Waals surface area contributed by atoms with Gasteiger partial charge in [0.15, 0.2) is 0 Å². The maximum atomic E-state index is 13.6. The normalized spacial score (nSPS) is 11.8. The molecule has 3 rings (SSSR count). The summed E-state index contributed by atoms with van der Waals surface area (Å²) in [6.07, 6.45) is 4.34. The topological polar surface area (TPSA) is 88.5 Å². The Morgan fingerprint density at radius 1 is 1.06 bits per heavy atom. The highest BCUT2D eigenvalue weighted by atomic mass is 16.5. The number of hydrogen-bond donors (Lipinski definition) is 2. The van der Waals surface area contributed by atoms with Gasteiger partial charge in [0.1, 0.15) is 12.4 Å². The molecule has 3 aromatic rings. The van der Waals surface area contributed by atoms with Gasteiger partial charge in [-0.05, 0) is 67.5 Å². The second kappa shape index (κ2) is 12.2. The lowest BCUT2D eigenvalue weighted by Crippen LogP contribution is -2.30. The Morgan fingerprint density at radius 3 is 2.43 bits per heavy atom. The first-order valence-corrected chi connectivity index (χ1v) is 12.0. The molecule has 1 unspecified atom stereocenters. The van der Waals surface area contributed by atoms with Crippen LogP contribution in [0.1, 0.15) is 70.9 Å². The molecule has 6 heteroatoms. The lowest BCUT2D eigenvalue weighted by Gasteiger charge is -2.23. The van der Waals surface area contributed by atoms with E-state index in [1.54, 1.807) is 24.5 Å². The van der Waals surface area contributed by atoms with E-state index in [9.17, 15) is 14.7 Å². The molecule has 1 aromatic heterocycles. The lowest BCUT2D eigenvalue weighted by atomic mass is 9.93. The molecule has 0 saturated carbocycles. The van der Waals surface area contributed by atoms with E-state index in [0.717, 1.165) is 28.7 Å². The van der Waals surface area contributed by atoms with Crippen LogP contribution in [0.15, 0.2) is 60.9 Å². The van der Waals surface area contributed by atoms with Gasteiger partial charge < -0.3 is 15.2 Å². The van der Waals surface area contributed by atoms with E-state index in [2.05, 4.69) is 56.2 Å². The van der Waals surface area contributed by atoms with Gasteiger partial charge in [0, 0.05) is 18.2 Å². The number of aliphatic carboxylic acids is 1. The molecule has 0 bridgehead atoms. The minimum atomic E-state index is -0.895. The van der Waals surface area contributed by atoms with E-state index in [4.69, 9.17) is 4.74 Å². The summed E-state index contributed by atoms with van der Waals surface area (Å²) >= 11 is 0. The molecule has 1 amide bonds. The number of ether oxygens (including phenoxy) is 1. The monoisotopic (exact) mass is 474 g/mol. The molecule has 0 aliphatic heterocycles. The number of rotatable bonds is 11. The molecule has 0 fully saturated rings. The first-order valence-electron chi connectivity index (χ1n) is 12.0. The van der Waals surface area contributed by atoms with E-state index in [1.165, 1.54) is 0 Å². The van der Waals surface area contributed by atoms with Crippen LogP contribution in [-0.4, -0.2) is 22.0 Å². The Morgan fingerprint density at radius 2 is 1.80 bits per heavy atom. The van der Waals surface area contributed by atoms with Crippen LogP contribution in [0.5, 0.6) is 5.75 Å². The number of pyridine rings is 1. The highest BCUT2D eigenvalue weighted by Gasteiger charge is 2.20. The van der Waals surface area contributed by atoms with Crippen LogP contribution in [-0.2, 0) is 17.8 Å². The second-order valence-corrected chi connectivity index (χ2v) is 9.44. The van der Waals surface area contributed by atoms with Crippen molar-refractivity contribution >= 4 is 11.9 Å². The molecule has 0 spiro atoms. The van der Waals surface area contributed by atoms with E-state index >= 15 is 0 Å². The van der Waals surface area contributed by atoms with E-state index < -0.39 is 5.97 Å². The first-order chi connectivity index (χ1) is 16.7. The van der Waals surface area contributed by atoms with Gasteiger partial charge in [-0.3, -0.25) is 14.6 Å². The van der Waals surface area contributed by atoms with Gasteiger partial charge in [0.2, 0.25) is 0 Å². The number of carbonyl (C=O) groups is 2. The summed E-state index contributed by atoms with van der Waals surface area (Å²) in [4.78, 5) is 28.8.